The zero-order valence-corrected chi connectivity index (χ0v) is 13.4. The van der Waals surface area contributed by atoms with E-state index >= 15 is 0 Å². The molecular formula is C20H13F3O3. The van der Waals surface area contributed by atoms with Gasteiger partial charge < -0.3 is 9.84 Å². The lowest BCUT2D eigenvalue weighted by atomic mass is 9.99. The maximum Gasteiger partial charge on any atom is 0.336 e. The van der Waals surface area contributed by atoms with Crippen LogP contribution in [0.3, 0.4) is 0 Å². The topological polar surface area (TPSA) is 46.5 Å². The maximum absolute atomic E-state index is 13.5. The standard InChI is InChI=1S/C20H13F3O3/c21-17-8-13(9-18(22)19(17)23)15-7-6-14(10-16(15)20(24)25)26-11-12-4-2-1-3-5-12/h1-10H,11H2,(H,24,25). The number of benzene rings is 3. The van der Waals surface area contributed by atoms with Crippen LogP contribution in [0.1, 0.15) is 15.9 Å². The third kappa shape index (κ3) is 3.69. The van der Waals surface area contributed by atoms with Gasteiger partial charge in [0.15, 0.2) is 17.5 Å². The summed E-state index contributed by atoms with van der Waals surface area (Å²) >= 11 is 0. The number of carboxylic acids is 1. The lowest BCUT2D eigenvalue weighted by molar-refractivity contribution is 0.0697. The number of hydrogen-bond acceptors (Lipinski definition) is 2. The van der Waals surface area contributed by atoms with Crippen molar-refractivity contribution in [2.45, 2.75) is 6.61 Å². The highest BCUT2D eigenvalue weighted by Crippen LogP contribution is 2.30. The third-order valence-corrected chi connectivity index (χ3v) is 3.76. The summed E-state index contributed by atoms with van der Waals surface area (Å²) in [6, 6.07) is 14.9. The van der Waals surface area contributed by atoms with Crippen LogP contribution in [-0.4, -0.2) is 11.1 Å². The second-order valence-electron chi connectivity index (χ2n) is 5.54. The fraction of sp³-hybridized carbons (Fsp3) is 0.0500. The lowest BCUT2D eigenvalue weighted by Gasteiger charge is -2.11. The van der Waals surface area contributed by atoms with Crippen LogP contribution in [0.4, 0.5) is 13.2 Å². The summed E-state index contributed by atoms with van der Waals surface area (Å²) in [5.41, 5.74) is 0.674. The van der Waals surface area contributed by atoms with Crippen molar-refractivity contribution in [3.8, 4) is 16.9 Å². The van der Waals surface area contributed by atoms with Crippen LogP contribution in [-0.2, 0) is 6.61 Å². The second kappa shape index (κ2) is 7.31. The average molecular weight is 358 g/mol. The molecule has 3 aromatic carbocycles. The van der Waals surface area contributed by atoms with E-state index in [1.807, 2.05) is 30.3 Å². The van der Waals surface area contributed by atoms with Gasteiger partial charge in [0.25, 0.3) is 0 Å². The second-order valence-corrected chi connectivity index (χ2v) is 5.54. The average Bonchev–Trinajstić information content (AvgIpc) is 2.64. The van der Waals surface area contributed by atoms with Gasteiger partial charge in [0, 0.05) is 0 Å². The number of rotatable bonds is 5. The third-order valence-electron chi connectivity index (χ3n) is 3.76. The van der Waals surface area contributed by atoms with Gasteiger partial charge >= 0.3 is 5.97 Å². The molecule has 0 saturated heterocycles. The normalized spacial score (nSPS) is 10.6. The molecule has 0 saturated carbocycles. The lowest BCUT2D eigenvalue weighted by Crippen LogP contribution is -2.03. The Morgan fingerprint density at radius 2 is 1.58 bits per heavy atom. The van der Waals surface area contributed by atoms with E-state index in [0.717, 1.165) is 17.7 Å². The molecule has 0 spiro atoms. The molecule has 0 atom stereocenters. The van der Waals surface area contributed by atoms with E-state index < -0.39 is 23.4 Å². The van der Waals surface area contributed by atoms with Crippen molar-refractivity contribution in [1.29, 1.82) is 0 Å². The van der Waals surface area contributed by atoms with E-state index in [4.69, 9.17) is 4.74 Å². The van der Waals surface area contributed by atoms with Crippen molar-refractivity contribution >= 4 is 5.97 Å². The van der Waals surface area contributed by atoms with E-state index in [-0.39, 0.29) is 29.0 Å². The summed E-state index contributed by atoms with van der Waals surface area (Å²) in [4.78, 5) is 11.5. The predicted octanol–water partition coefficient (Wildman–Crippen LogP) is 5.05. The van der Waals surface area contributed by atoms with Crippen molar-refractivity contribution in [2.75, 3.05) is 0 Å². The Hall–Kier alpha value is -3.28. The van der Waals surface area contributed by atoms with Crippen molar-refractivity contribution in [2.24, 2.45) is 0 Å². The first kappa shape index (κ1) is 17.5. The summed E-state index contributed by atoms with van der Waals surface area (Å²) in [5.74, 6) is -5.39. The van der Waals surface area contributed by atoms with Crippen LogP contribution in [0, 0.1) is 17.5 Å². The highest BCUT2D eigenvalue weighted by Gasteiger charge is 2.17. The van der Waals surface area contributed by atoms with E-state index in [0.29, 0.717) is 0 Å². The van der Waals surface area contributed by atoms with Crippen LogP contribution >= 0.6 is 0 Å². The fourth-order valence-corrected chi connectivity index (χ4v) is 2.49. The van der Waals surface area contributed by atoms with Gasteiger partial charge in [-0.05, 0) is 47.0 Å². The number of carbonyl (C=O) groups is 1. The van der Waals surface area contributed by atoms with Gasteiger partial charge in [-0.3, -0.25) is 0 Å². The molecule has 1 N–H and O–H groups in total. The molecule has 0 fully saturated rings. The Labute approximate surface area is 147 Å². The molecule has 132 valence electrons. The molecule has 6 heteroatoms. The zero-order valence-electron chi connectivity index (χ0n) is 13.4. The highest BCUT2D eigenvalue weighted by molar-refractivity contribution is 5.96. The first-order valence-electron chi connectivity index (χ1n) is 7.64. The Morgan fingerprint density at radius 3 is 2.19 bits per heavy atom. The molecule has 3 aromatic rings. The summed E-state index contributed by atoms with van der Waals surface area (Å²) in [6.07, 6.45) is 0. The monoisotopic (exact) mass is 358 g/mol. The van der Waals surface area contributed by atoms with E-state index in [1.165, 1.54) is 18.2 Å². The molecule has 0 amide bonds. The zero-order chi connectivity index (χ0) is 18.7. The minimum Gasteiger partial charge on any atom is -0.489 e. The summed E-state index contributed by atoms with van der Waals surface area (Å²) in [7, 11) is 0. The summed E-state index contributed by atoms with van der Waals surface area (Å²) in [5, 5.41) is 9.41. The number of aromatic carboxylic acids is 1. The molecular weight excluding hydrogens is 345 g/mol. The van der Waals surface area contributed by atoms with Crippen LogP contribution in [0.2, 0.25) is 0 Å². The Bertz CT molecular complexity index is 933. The van der Waals surface area contributed by atoms with Crippen molar-refractivity contribution in [3.05, 3.63) is 89.2 Å². The Balaban J connectivity index is 1.94. The van der Waals surface area contributed by atoms with Crippen molar-refractivity contribution in [1.82, 2.24) is 0 Å². The Morgan fingerprint density at radius 1 is 0.923 bits per heavy atom. The molecule has 0 heterocycles. The van der Waals surface area contributed by atoms with Gasteiger partial charge in [-0.1, -0.05) is 30.3 Å². The maximum atomic E-state index is 13.5. The number of halogens is 3. The van der Waals surface area contributed by atoms with Gasteiger partial charge in [0.2, 0.25) is 0 Å². The van der Waals surface area contributed by atoms with Gasteiger partial charge in [0.1, 0.15) is 12.4 Å². The van der Waals surface area contributed by atoms with E-state index in [1.54, 1.807) is 0 Å². The Kier molecular flexibility index (Phi) is 4.93. The van der Waals surface area contributed by atoms with Gasteiger partial charge in [-0.2, -0.15) is 0 Å². The molecule has 0 aromatic heterocycles. The van der Waals surface area contributed by atoms with Crippen LogP contribution in [0.25, 0.3) is 11.1 Å². The van der Waals surface area contributed by atoms with Crippen LogP contribution in [0.15, 0.2) is 60.7 Å². The van der Waals surface area contributed by atoms with Crippen LogP contribution < -0.4 is 4.74 Å². The first-order valence-corrected chi connectivity index (χ1v) is 7.64. The number of ether oxygens (including phenoxy) is 1. The SMILES string of the molecule is O=C(O)c1cc(OCc2ccccc2)ccc1-c1cc(F)c(F)c(F)c1. The molecule has 26 heavy (non-hydrogen) atoms. The smallest absolute Gasteiger partial charge is 0.336 e. The minimum absolute atomic E-state index is 0.0577. The van der Waals surface area contributed by atoms with E-state index in [9.17, 15) is 23.1 Å². The molecule has 3 rings (SSSR count). The molecule has 0 bridgehead atoms. The minimum atomic E-state index is -1.60. The predicted molar refractivity (Wildman–Crippen MR) is 89.5 cm³/mol. The molecule has 3 nitrogen and oxygen atoms in total. The molecule has 0 aliphatic rings. The number of carboxylic acid groups (broad SMARTS) is 1. The molecule has 0 radical (unpaired) electrons. The van der Waals surface area contributed by atoms with Crippen LogP contribution in [0.5, 0.6) is 5.75 Å². The highest BCUT2D eigenvalue weighted by atomic mass is 19.2. The summed E-state index contributed by atoms with van der Waals surface area (Å²) < 4.78 is 45.6. The van der Waals surface area contributed by atoms with E-state index in [2.05, 4.69) is 0 Å². The largest absolute Gasteiger partial charge is 0.489 e. The van der Waals surface area contributed by atoms with Crippen molar-refractivity contribution < 1.29 is 27.8 Å². The molecule has 0 aliphatic carbocycles. The number of hydrogen-bond donors (Lipinski definition) is 1. The molecule has 0 aliphatic heterocycles. The first-order chi connectivity index (χ1) is 12.5. The molecule has 0 unspecified atom stereocenters. The summed E-state index contributed by atoms with van der Waals surface area (Å²) in [6.45, 7) is 0.235. The quantitative estimate of drug-likeness (QED) is 0.650. The van der Waals surface area contributed by atoms with Gasteiger partial charge in [-0.25, -0.2) is 18.0 Å². The van der Waals surface area contributed by atoms with Gasteiger partial charge in [0.05, 0.1) is 5.56 Å². The van der Waals surface area contributed by atoms with Gasteiger partial charge in [-0.15, -0.1) is 0 Å². The van der Waals surface area contributed by atoms with Crippen molar-refractivity contribution in [3.63, 3.8) is 0 Å². The fourth-order valence-electron chi connectivity index (χ4n) is 2.49.